The van der Waals surface area contributed by atoms with E-state index in [0.29, 0.717) is 0 Å². The van der Waals surface area contributed by atoms with Crippen molar-refractivity contribution in [1.82, 2.24) is 0 Å². The van der Waals surface area contributed by atoms with Gasteiger partial charge in [0.05, 0.1) is 22.1 Å². The first-order valence-corrected chi connectivity index (χ1v) is 6.36. The lowest BCUT2D eigenvalue weighted by molar-refractivity contribution is -0.384. The number of benzene rings is 2. The molecule has 0 radical (unpaired) electrons. The zero-order chi connectivity index (χ0) is 15.6. The lowest BCUT2D eigenvalue weighted by Crippen LogP contribution is -1.99. The minimum absolute atomic E-state index is 0.0575. The summed E-state index contributed by atoms with van der Waals surface area (Å²) in [5, 5.41) is 20.5. The number of nitro groups is 1. The molecule has 110 valence electrons. The van der Waals surface area contributed by atoms with Crippen molar-refractivity contribution >= 4 is 17.3 Å². The van der Waals surface area contributed by atoms with Gasteiger partial charge in [0.25, 0.3) is 5.69 Å². The summed E-state index contributed by atoms with van der Waals surface area (Å²) in [5.41, 5.74) is -0.0121. The van der Waals surface area contributed by atoms with Gasteiger partial charge in [-0.05, 0) is 19.1 Å². The predicted molar refractivity (Wildman–Crippen MR) is 75.2 cm³/mol. The molecule has 2 rings (SSSR count). The Balaban J connectivity index is 2.47. The van der Waals surface area contributed by atoms with Gasteiger partial charge in [0.1, 0.15) is 0 Å². The van der Waals surface area contributed by atoms with Gasteiger partial charge in [-0.3, -0.25) is 10.1 Å². The Kier molecular flexibility index (Phi) is 4.40. The van der Waals surface area contributed by atoms with Crippen LogP contribution in [0.4, 0.5) is 10.1 Å². The molecule has 0 heterocycles. The minimum atomic E-state index is -0.965. The largest absolute Gasteiger partial charge is 0.452 e. The van der Waals surface area contributed by atoms with Crippen LogP contribution >= 0.6 is 11.6 Å². The first kappa shape index (κ1) is 15.2. The lowest BCUT2D eigenvalue weighted by Gasteiger charge is -2.14. The molecule has 0 saturated heterocycles. The second-order valence-corrected chi connectivity index (χ2v) is 4.72. The number of aliphatic hydroxyl groups excluding tert-OH is 1. The average molecular weight is 312 g/mol. The zero-order valence-electron chi connectivity index (χ0n) is 10.9. The summed E-state index contributed by atoms with van der Waals surface area (Å²) in [7, 11) is 0. The number of hydrogen-bond donors (Lipinski definition) is 1. The van der Waals surface area contributed by atoms with Gasteiger partial charge in [0.15, 0.2) is 17.3 Å². The topological polar surface area (TPSA) is 72.6 Å². The molecule has 0 aliphatic rings. The number of para-hydroxylation sites is 1. The van der Waals surface area contributed by atoms with E-state index in [1.165, 1.54) is 31.2 Å². The van der Waals surface area contributed by atoms with E-state index in [1.807, 2.05) is 0 Å². The fourth-order valence-corrected chi connectivity index (χ4v) is 1.91. The van der Waals surface area contributed by atoms with Gasteiger partial charge >= 0.3 is 0 Å². The summed E-state index contributed by atoms with van der Waals surface area (Å²) >= 11 is 5.90. The van der Waals surface area contributed by atoms with Crippen LogP contribution < -0.4 is 4.74 Å². The second-order valence-electron chi connectivity index (χ2n) is 4.31. The van der Waals surface area contributed by atoms with E-state index in [9.17, 15) is 19.6 Å². The van der Waals surface area contributed by atoms with Gasteiger partial charge in [0.2, 0.25) is 0 Å². The highest BCUT2D eigenvalue weighted by Gasteiger charge is 2.18. The van der Waals surface area contributed by atoms with Gasteiger partial charge in [0, 0.05) is 11.6 Å². The molecule has 0 aliphatic carbocycles. The van der Waals surface area contributed by atoms with E-state index in [4.69, 9.17) is 16.3 Å². The molecule has 5 nitrogen and oxygen atoms in total. The first-order valence-electron chi connectivity index (χ1n) is 5.98. The molecule has 0 saturated carbocycles. The number of halogens is 2. The van der Waals surface area contributed by atoms with Crippen molar-refractivity contribution in [2.75, 3.05) is 0 Å². The van der Waals surface area contributed by atoms with Crippen LogP contribution in [0.2, 0.25) is 5.02 Å². The molecule has 21 heavy (non-hydrogen) atoms. The fraction of sp³-hybridized carbons (Fsp3) is 0.143. The van der Waals surface area contributed by atoms with Crippen LogP contribution in [-0.4, -0.2) is 10.0 Å². The Hall–Kier alpha value is -2.18. The molecule has 0 spiro atoms. The van der Waals surface area contributed by atoms with Crippen LogP contribution in [0.25, 0.3) is 0 Å². The van der Waals surface area contributed by atoms with Crippen molar-refractivity contribution in [3.8, 4) is 11.5 Å². The molecule has 7 heteroatoms. The van der Waals surface area contributed by atoms with Crippen LogP contribution in [0.5, 0.6) is 11.5 Å². The third-order valence-corrected chi connectivity index (χ3v) is 3.10. The summed E-state index contributed by atoms with van der Waals surface area (Å²) < 4.78 is 19.2. The molecule has 2 aromatic rings. The molecule has 1 atom stereocenters. The van der Waals surface area contributed by atoms with Crippen LogP contribution in [0.1, 0.15) is 18.6 Å². The first-order chi connectivity index (χ1) is 9.90. The molecular formula is C14H11ClFNO4. The number of aliphatic hydroxyl groups is 1. The minimum Gasteiger partial charge on any atom is -0.452 e. The SMILES string of the molecule is CC(O)c1cccc(F)c1Oc1cc([N+](=O)[O-])ccc1Cl. The van der Waals surface area contributed by atoms with Gasteiger partial charge in [-0.2, -0.15) is 0 Å². The van der Waals surface area contributed by atoms with E-state index in [1.54, 1.807) is 0 Å². The third kappa shape index (κ3) is 3.29. The van der Waals surface area contributed by atoms with Crippen LogP contribution in [-0.2, 0) is 0 Å². The second kappa shape index (κ2) is 6.07. The molecule has 0 fully saturated rings. The Bertz CT molecular complexity index is 691. The number of non-ortho nitro benzene ring substituents is 1. The van der Waals surface area contributed by atoms with Crippen molar-refractivity contribution in [2.24, 2.45) is 0 Å². The molecule has 1 N–H and O–H groups in total. The molecule has 0 bridgehead atoms. The fourth-order valence-electron chi connectivity index (χ4n) is 1.76. The molecular weight excluding hydrogens is 301 g/mol. The molecule has 0 aliphatic heterocycles. The van der Waals surface area contributed by atoms with Crippen molar-refractivity contribution < 1.29 is 19.2 Å². The van der Waals surface area contributed by atoms with Crippen LogP contribution in [0.15, 0.2) is 36.4 Å². The van der Waals surface area contributed by atoms with Crippen LogP contribution in [0.3, 0.4) is 0 Å². The van der Waals surface area contributed by atoms with Crippen molar-refractivity contribution in [3.05, 3.63) is 62.9 Å². The van der Waals surface area contributed by atoms with E-state index >= 15 is 0 Å². The zero-order valence-corrected chi connectivity index (χ0v) is 11.7. The Morgan fingerprint density at radius 1 is 1.38 bits per heavy atom. The number of ether oxygens (including phenoxy) is 1. The van der Waals surface area contributed by atoms with Crippen LogP contribution in [0, 0.1) is 15.9 Å². The van der Waals surface area contributed by atoms with E-state index < -0.39 is 16.8 Å². The van der Waals surface area contributed by atoms with Crippen molar-refractivity contribution in [2.45, 2.75) is 13.0 Å². The smallest absolute Gasteiger partial charge is 0.273 e. The molecule has 2 aromatic carbocycles. The highest BCUT2D eigenvalue weighted by Crippen LogP contribution is 2.37. The van der Waals surface area contributed by atoms with E-state index in [2.05, 4.69) is 0 Å². The number of hydrogen-bond acceptors (Lipinski definition) is 4. The Morgan fingerprint density at radius 2 is 2.10 bits per heavy atom. The standard InChI is InChI=1S/C14H11ClFNO4/c1-8(18)10-3-2-4-12(16)14(10)21-13-7-9(17(19)20)5-6-11(13)15/h2-8,18H,1H3. The highest BCUT2D eigenvalue weighted by atomic mass is 35.5. The van der Waals surface area contributed by atoms with Gasteiger partial charge in [-0.15, -0.1) is 0 Å². The summed E-state index contributed by atoms with van der Waals surface area (Å²) in [6, 6.07) is 7.69. The normalized spacial score (nSPS) is 12.0. The maximum Gasteiger partial charge on any atom is 0.273 e. The van der Waals surface area contributed by atoms with Gasteiger partial charge in [-0.1, -0.05) is 23.7 Å². The summed E-state index contributed by atoms with van der Waals surface area (Å²) in [4.78, 5) is 10.1. The van der Waals surface area contributed by atoms with Gasteiger partial charge in [-0.25, -0.2) is 4.39 Å². The predicted octanol–water partition coefficient (Wildman–Crippen LogP) is 4.23. The van der Waals surface area contributed by atoms with Gasteiger partial charge < -0.3 is 9.84 Å². The maximum absolute atomic E-state index is 13.9. The quantitative estimate of drug-likeness (QED) is 0.677. The Labute approximate surface area is 124 Å². The summed E-state index contributed by atoms with van der Waals surface area (Å²) in [6.07, 6.45) is -0.965. The van der Waals surface area contributed by atoms with E-state index in [-0.39, 0.29) is 27.8 Å². The van der Waals surface area contributed by atoms with Crippen molar-refractivity contribution in [1.29, 1.82) is 0 Å². The van der Waals surface area contributed by atoms with E-state index in [0.717, 1.165) is 12.1 Å². The monoisotopic (exact) mass is 311 g/mol. The molecule has 1 unspecified atom stereocenters. The highest BCUT2D eigenvalue weighted by molar-refractivity contribution is 6.32. The number of nitro benzene ring substituents is 1. The average Bonchev–Trinajstić information content (AvgIpc) is 2.42. The maximum atomic E-state index is 13.9. The summed E-state index contributed by atoms with van der Waals surface area (Å²) in [6.45, 7) is 1.46. The summed E-state index contributed by atoms with van der Waals surface area (Å²) in [5.74, 6) is -0.969. The molecule has 0 amide bonds. The number of nitrogens with zero attached hydrogens (tertiary/aromatic N) is 1. The Morgan fingerprint density at radius 3 is 2.71 bits per heavy atom. The lowest BCUT2D eigenvalue weighted by atomic mass is 10.1. The van der Waals surface area contributed by atoms with Crippen molar-refractivity contribution in [3.63, 3.8) is 0 Å². The number of rotatable bonds is 4. The molecule has 0 aromatic heterocycles. The third-order valence-electron chi connectivity index (χ3n) is 2.79.